The Hall–Kier alpha value is -1.87. The van der Waals surface area contributed by atoms with Gasteiger partial charge in [-0.05, 0) is 41.5 Å². The molecule has 3 nitrogen and oxygen atoms in total. The van der Waals surface area contributed by atoms with Crippen molar-refractivity contribution in [2.45, 2.75) is 31.2 Å². The summed E-state index contributed by atoms with van der Waals surface area (Å²) in [4.78, 5) is 14.7. The molecule has 3 atom stereocenters. The van der Waals surface area contributed by atoms with E-state index in [0.717, 1.165) is 25.8 Å². The summed E-state index contributed by atoms with van der Waals surface area (Å²) in [6, 6.07) is 15.3. The van der Waals surface area contributed by atoms with Crippen LogP contribution in [0.1, 0.15) is 30.7 Å². The molecule has 114 valence electrons. The summed E-state index contributed by atoms with van der Waals surface area (Å²) in [5.74, 6) is 0.899. The number of likely N-dealkylation sites (tertiary alicyclic amines) is 1. The third-order valence-electron chi connectivity index (χ3n) is 5.24. The zero-order chi connectivity index (χ0) is 15.1. The van der Waals surface area contributed by atoms with Gasteiger partial charge in [0, 0.05) is 25.0 Å². The van der Waals surface area contributed by atoms with E-state index >= 15 is 0 Å². The number of benzene rings is 2. The number of amides is 1. The largest absolute Gasteiger partial charge is 0.338 e. The lowest BCUT2D eigenvalue weighted by molar-refractivity contribution is -0.133. The van der Waals surface area contributed by atoms with E-state index < -0.39 is 0 Å². The average Bonchev–Trinajstić information content (AvgIpc) is 3.22. The summed E-state index contributed by atoms with van der Waals surface area (Å²) in [6.07, 6.45) is 3.15. The van der Waals surface area contributed by atoms with Crippen molar-refractivity contribution in [1.29, 1.82) is 0 Å². The molecule has 0 bridgehead atoms. The van der Waals surface area contributed by atoms with Gasteiger partial charge in [-0.15, -0.1) is 0 Å². The lowest BCUT2D eigenvalue weighted by Crippen LogP contribution is -2.40. The van der Waals surface area contributed by atoms with Crippen molar-refractivity contribution < 1.29 is 4.79 Å². The molecule has 0 aromatic heterocycles. The maximum atomic E-state index is 12.7. The van der Waals surface area contributed by atoms with Crippen LogP contribution in [0.4, 0.5) is 0 Å². The van der Waals surface area contributed by atoms with Gasteiger partial charge >= 0.3 is 0 Å². The monoisotopic (exact) mass is 294 g/mol. The number of rotatable bonds is 3. The van der Waals surface area contributed by atoms with E-state index in [-0.39, 0.29) is 12.0 Å². The van der Waals surface area contributed by atoms with E-state index in [9.17, 15) is 4.79 Å². The van der Waals surface area contributed by atoms with Gasteiger partial charge in [0.15, 0.2) is 0 Å². The fourth-order valence-electron chi connectivity index (χ4n) is 3.86. The second kappa shape index (κ2) is 5.40. The number of hydrogen-bond acceptors (Lipinski definition) is 2. The Morgan fingerprint density at radius 2 is 2.00 bits per heavy atom. The molecule has 4 rings (SSSR count). The van der Waals surface area contributed by atoms with Gasteiger partial charge < -0.3 is 10.6 Å². The highest BCUT2D eigenvalue weighted by molar-refractivity contribution is 5.86. The molecule has 2 aliphatic rings. The van der Waals surface area contributed by atoms with Crippen LogP contribution in [0.25, 0.3) is 10.8 Å². The van der Waals surface area contributed by atoms with Gasteiger partial charge in [0.1, 0.15) is 0 Å². The number of fused-ring (bicyclic) bond motifs is 1. The third-order valence-corrected chi connectivity index (χ3v) is 5.24. The molecule has 22 heavy (non-hydrogen) atoms. The van der Waals surface area contributed by atoms with E-state index in [1.54, 1.807) is 0 Å². The topological polar surface area (TPSA) is 46.3 Å². The molecule has 1 amide bonds. The minimum absolute atomic E-state index is 0.174. The second-order valence-electron chi connectivity index (χ2n) is 6.62. The van der Waals surface area contributed by atoms with Crippen molar-refractivity contribution >= 4 is 16.7 Å². The molecule has 0 spiro atoms. The fourth-order valence-corrected chi connectivity index (χ4v) is 3.86. The van der Waals surface area contributed by atoms with Gasteiger partial charge in [0.25, 0.3) is 0 Å². The Kier molecular flexibility index (Phi) is 3.38. The highest BCUT2D eigenvalue weighted by atomic mass is 16.2. The van der Waals surface area contributed by atoms with Crippen molar-refractivity contribution in [2.75, 3.05) is 13.1 Å². The first-order valence-corrected chi connectivity index (χ1v) is 8.27. The smallest absolute Gasteiger partial charge is 0.226 e. The number of carbonyl (C=O) groups is 1. The summed E-state index contributed by atoms with van der Waals surface area (Å²) < 4.78 is 0. The van der Waals surface area contributed by atoms with Crippen LogP contribution < -0.4 is 5.73 Å². The molecule has 3 heteroatoms. The Morgan fingerprint density at radius 1 is 1.18 bits per heavy atom. The maximum Gasteiger partial charge on any atom is 0.226 e. The van der Waals surface area contributed by atoms with Gasteiger partial charge in [-0.25, -0.2) is 0 Å². The predicted molar refractivity (Wildman–Crippen MR) is 88.6 cm³/mol. The average molecular weight is 294 g/mol. The van der Waals surface area contributed by atoms with Crippen LogP contribution in [-0.4, -0.2) is 29.9 Å². The zero-order valence-electron chi connectivity index (χ0n) is 12.7. The highest BCUT2D eigenvalue weighted by Gasteiger charge is 2.47. The molecule has 2 aromatic rings. The van der Waals surface area contributed by atoms with Crippen molar-refractivity contribution in [3.63, 3.8) is 0 Å². The normalized spacial score (nSPS) is 27.3. The third kappa shape index (κ3) is 2.30. The summed E-state index contributed by atoms with van der Waals surface area (Å²) >= 11 is 0. The Bertz CT molecular complexity index is 711. The standard InChI is InChI=1S/C19H22N2O/c20-12-16-6-3-9-21(16)19(22)18-11-17(18)15-8-7-13-4-1-2-5-14(13)10-15/h1-2,4-5,7-8,10,16-18H,3,6,9,11-12,20H2. The van der Waals surface area contributed by atoms with Crippen LogP contribution in [0.5, 0.6) is 0 Å². The fraction of sp³-hybridized carbons (Fsp3) is 0.421. The van der Waals surface area contributed by atoms with Crippen LogP contribution in [-0.2, 0) is 4.79 Å². The van der Waals surface area contributed by atoms with Crippen molar-refractivity contribution in [2.24, 2.45) is 11.7 Å². The minimum atomic E-state index is 0.174. The van der Waals surface area contributed by atoms with Crippen LogP contribution >= 0.6 is 0 Å². The number of hydrogen-bond donors (Lipinski definition) is 1. The van der Waals surface area contributed by atoms with Crippen LogP contribution in [0, 0.1) is 5.92 Å². The second-order valence-corrected chi connectivity index (χ2v) is 6.62. The van der Waals surface area contributed by atoms with E-state index in [1.165, 1.54) is 16.3 Å². The van der Waals surface area contributed by atoms with E-state index in [0.29, 0.717) is 18.4 Å². The molecular formula is C19H22N2O. The molecule has 1 saturated carbocycles. The minimum Gasteiger partial charge on any atom is -0.338 e. The summed E-state index contributed by atoms with van der Waals surface area (Å²) in [5.41, 5.74) is 7.10. The lowest BCUT2D eigenvalue weighted by Gasteiger charge is -2.23. The Morgan fingerprint density at radius 3 is 2.82 bits per heavy atom. The van der Waals surface area contributed by atoms with Crippen LogP contribution in [0.2, 0.25) is 0 Å². The Balaban J connectivity index is 1.52. The predicted octanol–water partition coefficient (Wildman–Crippen LogP) is 2.89. The summed E-state index contributed by atoms with van der Waals surface area (Å²) in [6.45, 7) is 1.49. The first-order valence-electron chi connectivity index (χ1n) is 8.27. The molecule has 1 saturated heterocycles. The first-order chi connectivity index (χ1) is 10.8. The molecule has 2 N–H and O–H groups in total. The van der Waals surface area contributed by atoms with Gasteiger partial charge in [-0.3, -0.25) is 4.79 Å². The molecule has 3 unspecified atom stereocenters. The van der Waals surface area contributed by atoms with Crippen molar-refractivity contribution in [3.8, 4) is 0 Å². The van der Waals surface area contributed by atoms with Crippen molar-refractivity contribution in [3.05, 3.63) is 48.0 Å². The molecular weight excluding hydrogens is 272 g/mol. The van der Waals surface area contributed by atoms with Crippen LogP contribution in [0.15, 0.2) is 42.5 Å². The number of nitrogens with zero attached hydrogens (tertiary/aromatic N) is 1. The zero-order valence-corrected chi connectivity index (χ0v) is 12.7. The number of nitrogens with two attached hydrogens (primary N) is 1. The van der Waals surface area contributed by atoms with Gasteiger partial charge in [0.2, 0.25) is 5.91 Å². The first kappa shape index (κ1) is 13.8. The van der Waals surface area contributed by atoms with E-state index in [2.05, 4.69) is 42.5 Å². The van der Waals surface area contributed by atoms with E-state index in [4.69, 9.17) is 5.73 Å². The lowest BCUT2D eigenvalue weighted by atomic mass is 10.0. The molecule has 1 aliphatic heterocycles. The van der Waals surface area contributed by atoms with E-state index in [1.807, 2.05) is 4.90 Å². The SMILES string of the molecule is NCC1CCCN1C(=O)C1CC1c1ccc2ccccc2c1. The van der Waals surface area contributed by atoms with Gasteiger partial charge in [0.05, 0.1) is 0 Å². The molecule has 1 heterocycles. The molecule has 2 aromatic carbocycles. The van der Waals surface area contributed by atoms with Crippen molar-refractivity contribution in [1.82, 2.24) is 4.90 Å². The summed E-state index contributed by atoms with van der Waals surface area (Å²) in [7, 11) is 0. The van der Waals surface area contributed by atoms with Gasteiger partial charge in [-0.1, -0.05) is 42.5 Å². The highest BCUT2D eigenvalue weighted by Crippen LogP contribution is 2.49. The maximum absolute atomic E-state index is 12.7. The van der Waals surface area contributed by atoms with Crippen LogP contribution in [0.3, 0.4) is 0 Å². The molecule has 2 fully saturated rings. The number of carbonyl (C=O) groups excluding carboxylic acids is 1. The molecule has 1 aliphatic carbocycles. The summed E-state index contributed by atoms with van der Waals surface area (Å²) in [5, 5.41) is 2.52. The van der Waals surface area contributed by atoms with Gasteiger partial charge in [-0.2, -0.15) is 0 Å². The Labute approximate surface area is 131 Å². The molecule has 0 radical (unpaired) electrons. The quantitative estimate of drug-likeness (QED) is 0.946.